The van der Waals surface area contributed by atoms with E-state index in [1.165, 1.54) is 21.9 Å². The average Bonchev–Trinajstić information content (AvgIpc) is 3.03. The molecule has 0 saturated carbocycles. The van der Waals surface area contributed by atoms with Crippen LogP contribution in [0.5, 0.6) is 0 Å². The summed E-state index contributed by atoms with van der Waals surface area (Å²) in [6.45, 7) is 4.35. The molecule has 0 bridgehead atoms. The molecular formula is C20H24N4. The lowest BCUT2D eigenvalue weighted by Crippen LogP contribution is -2.36. The van der Waals surface area contributed by atoms with Crippen LogP contribution in [0.25, 0.3) is 10.8 Å². The number of hydrogen-bond acceptors (Lipinski definition) is 1. The van der Waals surface area contributed by atoms with Gasteiger partial charge in [0.05, 0.1) is 6.54 Å². The Balaban J connectivity index is 1.71. The van der Waals surface area contributed by atoms with Gasteiger partial charge in [0.1, 0.15) is 0 Å². The number of nitrogens with zero attached hydrogens (tertiary/aromatic N) is 2. The fourth-order valence-electron chi connectivity index (χ4n) is 2.79. The first-order chi connectivity index (χ1) is 11.8. The van der Waals surface area contributed by atoms with E-state index in [2.05, 4.69) is 77.3 Å². The Bertz CT molecular complexity index is 827. The Morgan fingerprint density at radius 3 is 2.67 bits per heavy atom. The fraction of sp³-hybridized carbons (Fsp3) is 0.250. The first-order valence-corrected chi connectivity index (χ1v) is 8.36. The molecule has 4 heteroatoms. The molecule has 0 radical (unpaired) electrons. The molecule has 0 atom stereocenters. The topological polar surface area (TPSA) is 41.4 Å². The molecule has 24 heavy (non-hydrogen) atoms. The normalized spacial score (nSPS) is 11.7. The minimum Gasteiger partial charge on any atom is -0.357 e. The van der Waals surface area contributed by atoms with Crippen molar-refractivity contribution in [2.24, 2.45) is 12.0 Å². The van der Waals surface area contributed by atoms with Gasteiger partial charge >= 0.3 is 0 Å². The van der Waals surface area contributed by atoms with Crippen LogP contribution in [0.4, 0.5) is 0 Å². The van der Waals surface area contributed by atoms with Gasteiger partial charge < -0.3 is 15.2 Å². The lowest BCUT2D eigenvalue weighted by Gasteiger charge is -2.12. The number of fused-ring (bicyclic) bond motifs is 1. The zero-order valence-corrected chi connectivity index (χ0v) is 14.3. The number of rotatable bonds is 5. The van der Waals surface area contributed by atoms with Gasteiger partial charge in [-0.2, -0.15) is 0 Å². The van der Waals surface area contributed by atoms with Gasteiger partial charge in [0.2, 0.25) is 0 Å². The molecule has 0 aliphatic heterocycles. The Morgan fingerprint density at radius 1 is 1.04 bits per heavy atom. The summed E-state index contributed by atoms with van der Waals surface area (Å²) in [5.41, 5.74) is 2.48. The van der Waals surface area contributed by atoms with Crippen molar-refractivity contribution < 1.29 is 0 Å². The molecule has 0 unspecified atom stereocenters. The number of hydrogen-bond donors (Lipinski definition) is 2. The molecule has 0 spiro atoms. The highest BCUT2D eigenvalue weighted by Crippen LogP contribution is 2.18. The molecular weight excluding hydrogens is 296 g/mol. The van der Waals surface area contributed by atoms with Gasteiger partial charge in [0, 0.05) is 32.5 Å². The Morgan fingerprint density at radius 2 is 1.88 bits per heavy atom. The lowest BCUT2D eigenvalue weighted by atomic mass is 10.0. The van der Waals surface area contributed by atoms with E-state index in [0.29, 0.717) is 6.54 Å². The fourth-order valence-corrected chi connectivity index (χ4v) is 2.79. The smallest absolute Gasteiger partial charge is 0.191 e. The van der Waals surface area contributed by atoms with Crippen LogP contribution in [0.15, 0.2) is 65.9 Å². The van der Waals surface area contributed by atoms with E-state index >= 15 is 0 Å². The standard InChI is InChI=1S/C20H24N4/c1-3-21-20(22-13-16-11-12-24(2)15-16)23-14-18-9-6-8-17-7-4-5-10-19(17)18/h4-12,15H,3,13-14H2,1-2H3,(H2,21,22,23). The minimum atomic E-state index is 0.672. The second-order valence-electron chi connectivity index (χ2n) is 5.87. The van der Waals surface area contributed by atoms with Crippen LogP contribution in [-0.2, 0) is 20.1 Å². The largest absolute Gasteiger partial charge is 0.357 e. The van der Waals surface area contributed by atoms with Gasteiger partial charge in [0.25, 0.3) is 0 Å². The Kier molecular flexibility index (Phi) is 5.16. The Hall–Kier alpha value is -2.75. The predicted molar refractivity (Wildman–Crippen MR) is 101 cm³/mol. The van der Waals surface area contributed by atoms with Gasteiger partial charge in [0.15, 0.2) is 5.96 Å². The van der Waals surface area contributed by atoms with Crippen molar-refractivity contribution in [3.63, 3.8) is 0 Å². The van der Waals surface area contributed by atoms with E-state index in [1.54, 1.807) is 0 Å². The molecule has 1 aromatic heterocycles. The van der Waals surface area contributed by atoms with E-state index in [1.807, 2.05) is 17.8 Å². The summed E-state index contributed by atoms with van der Waals surface area (Å²) in [5.74, 6) is 0.842. The number of guanidine groups is 1. The van der Waals surface area contributed by atoms with Crippen molar-refractivity contribution in [3.05, 3.63) is 72.1 Å². The monoisotopic (exact) mass is 320 g/mol. The van der Waals surface area contributed by atoms with Gasteiger partial charge in [-0.1, -0.05) is 42.5 Å². The minimum absolute atomic E-state index is 0.672. The first kappa shape index (κ1) is 16.1. The van der Waals surface area contributed by atoms with Crippen molar-refractivity contribution in [1.82, 2.24) is 15.2 Å². The van der Waals surface area contributed by atoms with E-state index < -0.39 is 0 Å². The van der Waals surface area contributed by atoms with Crippen LogP contribution in [0, 0.1) is 0 Å². The van der Waals surface area contributed by atoms with E-state index in [0.717, 1.165) is 19.0 Å². The molecule has 1 heterocycles. The van der Waals surface area contributed by atoms with Crippen LogP contribution < -0.4 is 10.6 Å². The molecule has 4 nitrogen and oxygen atoms in total. The van der Waals surface area contributed by atoms with Crippen LogP contribution >= 0.6 is 0 Å². The van der Waals surface area contributed by atoms with Crippen molar-refractivity contribution in [1.29, 1.82) is 0 Å². The summed E-state index contributed by atoms with van der Waals surface area (Å²) in [6.07, 6.45) is 4.14. The molecule has 0 aliphatic carbocycles. The van der Waals surface area contributed by atoms with E-state index in [4.69, 9.17) is 0 Å². The molecule has 2 N–H and O–H groups in total. The third-order valence-corrected chi connectivity index (χ3v) is 3.98. The van der Waals surface area contributed by atoms with Crippen molar-refractivity contribution in [2.45, 2.75) is 20.0 Å². The van der Waals surface area contributed by atoms with Gasteiger partial charge in [-0.3, -0.25) is 0 Å². The van der Waals surface area contributed by atoms with Crippen molar-refractivity contribution in [2.75, 3.05) is 6.54 Å². The second kappa shape index (κ2) is 7.68. The molecule has 3 aromatic rings. The molecule has 2 aromatic carbocycles. The quantitative estimate of drug-likeness (QED) is 0.558. The van der Waals surface area contributed by atoms with Crippen molar-refractivity contribution in [3.8, 4) is 0 Å². The summed E-state index contributed by atoms with van der Waals surface area (Å²) in [6, 6.07) is 17.0. The number of aryl methyl sites for hydroxylation is 1. The summed E-state index contributed by atoms with van der Waals surface area (Å²) in [7, 11) is 2.02. The van der Waals surface area contributed by atoms with E-state index in [9.17, 15) is 0 Å². The molecule has 124 valence electrons. The number of aromatic nitrogens is 1. The van der Waals surface area contributed by atoms with Gasteiger partial charge in [-0.15, -0.1) is 0 Å². The van der Waals surface area contributed by atoms with Crippen LogP contribution in [0.2, 0.25) is 0 Å². The zero-order valence-electron chi connectivity index (χ0n) is 14.3. The number of nitrogens with one attached hydrogen (secondary N) is 2. The van der Waals surface area contributed by atoms with Crippen LogP contribution in [-0.4, -0.2) is 17.1 Å². The third-order valence-electron chi connectivity index (χ3n) is 3.98. The zero-order chi connectivity index (χ0) is 16.8. The summed E-state index contributed by atoms with van der Waals surface area (Å²) >= 11 is 0. The molecule has 0 fully saturated rings. The van der Waals surface area contributed by atoms with Gasteiger partial charge in [-0.05, 0) is 34.9 Å². The maximum absolute atomic E-state index is 4.67. The lowest BCUT2D eigenvalue weighted by molar-refractivity contribution is 0.818. The highest BCUT2D eigenvalue weighted by molar-refractivity contribution is 5.86. The summed E-state index contributed by atoms with van der Waals surface area (Å²) in [5, 5.41) is 9.30. The number of benzene rings is 2. The van der Waals surface area contributed by atoms with Gasteiger partial charge in [-0.25, -0.2) is 4.99 Å². The molecule has 0 saturated heterocycles. The highest BCUT2D eigenvalue weighted by atomic mass is 15.2. The van der Waals surface area contributed by atoms with E-state index in [-0.39, 0.29) is 0 Å². The molecule has 0 aliphatic rings. The maximum Gasteiger partial charge on any atom is 0.191 e. The molecule has 0 amide bonds. The number of aliphatic imine (C=N–C) groups is 1. The van der Waals surface area contributed by atoms with Crippen LogP contribution in [0.1, 0.15) is 18.1 Å². The average molecular weight is 320 g/mol. The van der Waals surface area contributed by atoms with Crippen molar-refractivity contribution >= 4 is 16.7 Å². The Labute approximate surface area is 143 Å². The maximum atomic E-state index is 4.67. The second-order valence-corrected chi connectivity index (χ2v) is 5.87. The summed E-state index contributed by atoms with van der Waals surface area (Å²) in [4.78, 5) is 4.67. The third kappa shape index (κ3) is 3.96. The first-order valence-electron chi connectivity index (χ1n) is 8.36. The molecule has 3 rings (SSSR count). The summed E-state index contributed by atoms with van der Waals surface area (Å²) < 4.78 is 2.04. The predicted octanol–water partition coefficient (Wildman–Crippen LogP) is 3.43. The highest BCUT2D eigenvalue weighted by Gasteiger charge is 2.02. The SMILES string of the molecule is CCNC(=NCc1ccn(C)c1)NCc1cccc2ccccc12. The van der Waals surface area contributed by atoms with Crippen LogP contribution in [0.3, 0.4) is 0 Å².